The van der Waals surface area contributed by atoms with Gasteiger partial charge in [-0.3, -0.25) is 4.79 Å². The Morgan fingerprint density at radius 3 is 2.43 bits per heavy atom. The molecule has 2 aromatic rings. The molecule has 0 aromatic heterocycles. The Bertz CT molecular complexity index is 625. The highest BCUT2D eigenvalue weighted by molar-refractivity contribution is 5.93. The second-order valence-corrected chi connectivity index (χ2v) is 5.95. The second-order valence-electron chi connectivity index (χ2n) is 5.95. The summed E-state index contributed by atoms with van der Waals surface area (Å²) >= 11 is 0. The molecule has 0 N–H and O–H groups in total. The topological polar surface area (TPSA) is 23.6 Å². The number of hydrogen-bond acceptors (Lipinski definition) is 2. The van der Waals surface area contributed by atoms with Gasteiger partial charge in [0.2, 0.25) is 5.91 Å². The van der Waals surface area contributed by atoms with Gasteiger partial charge < -0.3 is 9.80 Å². The molecule has 0 saturated heterocycles. The highest BCUT2D eigenvalue weighted by Crippen LogP contribution is 2.17. The van der Waals surface area contributed by atoms with E-state index in [2.05, 4.69) is 43.1 Å². The van der Waals surface area contributed by atoms with E-state index in [-0.39, 0.29) is 5.91 Å². The number of carbonyl (C=O) groups excluding carboxylic acids is 1. The van der Waals surface area contributed by atoms with Crippen molar-refractivity contribution in [1.29, 1.82) is 0 Å². The fourth-order valence-corrected chi connectivity index (χ4v) is 2.69. The fourth-order valence-electron chi connectivity index (χ4n) is 2.69. The SMILES string of the molecule is CCN(C(=O)CCN(C)Cc1ccccc1)c1cccc(C)c1. The Balaban J connectivity index is 1.90. The Labute approximate surface area is 139 Å². The number of hydrogen-bond donors (Lipinski definition) is 0. The van der Waals surface area contributed by atoms with Gasteiger partial charge in [0.15, 0.2) is 0 Å². The van der Waals surface area contributed by atoms with E-state index in [1.807, 2.05) is 42.2 Å². The lowest BCUT2D eigenvalue weighted by atomic mass is 10.2. The first-order valence-corrected chi connectivity index (χ1v) is 8.19. The van der Waals surface area contributed by atoms with Crippen molar-refractivity contribution in [3.63, 3.8) is 0 Å². The van der Waals surface area contributed by atoms with Crippen LogP contribution in [-0.2, 0) is 11.3 Å². The molecule has 0 bridgehead atoms. The summed E-state index contributed by atoms with van der Waals surface area (Å²) in [6.07, 6.45) is 0.533. The van der Waals surface area contributed by atoms with Crippen molar-refractivity contribution in [1.82, 2.24) is 4.90 Å². The minimum absolute atomic E-state index is 0.179. The molecule has 0 fully saturated rings. The van der Waals surface area contributed by atoms with Crippen LogP contribution in [0.5, 0.6) is 0 Å². The maximum Gasteiger partial charge on any atom is 0.228 e. The number of aryl methyl sites for hydroxylation is 1. The van der Waals surface area contributed by atoms with Crippen molar-refractivity contribution in [3.05, 3.63) is 65.7 Å². The lowest BCUT2D eigenvalue weighted by Crippen LogP contribution is -2.33. The number of rotatable bonds is 7. The number of anilines is 1. The normalized spacial score (nSPS) is 10.8. The molecule has 2 rings (SSSR count). The van der Waals surface area contributed by atoms with Gasteiger partial charge >= 0.3 is 0 Å². The van der Waals surface area contributed by atoms with Crippen LogP contribution in [0.1, 0.15) is 24.5 Å². The van der Waals surface area contributed by atoms with Crippen LogP contribution in [0.2, 0.25) is 0 Å². The lowest BCUT2D eigenvalue weighted by molar-refractivity contribution is -0.118. The molecule has 0 spiro atoms. The van der Waals surface area contributed by atoms with Crippen molar-refractivity contribution in [2.75, 3.05) is 25.0 Å². The third-order valence-corrected chi connectivity index (χ3v) is 3.93. The third kappa shape index (κ3) is 5.22. The first-order valence-electron chi connectivity index (χ1n) is 8.19. The number of carbonyl (C=O) groups is 1. The van der Waals surface area contributed by atoms with Gasteiger partial charge in [0.25, 0.3) is 0 Å². The maximum atomic E-state index is 12.5. The van der Waals surface area contributed by atoms with Crippen molar-refractivity contribution in [3.8, 4) is 0 Å². The van der Waals surface area contributed by atoms with E-state index in [0.717, 1.165) is 18.8 Å². The largest absolute Gasteiger partial charge is 0.313 e. The maximum absolute atomic E-state index is 12.5. The monoisotopic (exact) mass is 310 g/mol. The molecule has 0 radical (unpaired) electrons. The summed E-state index contributed by atoms with van der Waals surface area (Å²) in [6, 6.07) is 18.5. The van der Waals surface area contributed by atoms with Crippen LogP contribution in [0, 0.1) is 6.92 Å². The zero-order valence-electron chi connectivity index (χ0n) is 14.3. The molecule has 122 valence electrons. The molecule has 0 atom stereocenters. The van der Waals surface area contributed by atoms with E-state index < -0.39 is 0 Å². The second kappa shape index (κ2) is 8.49. The minimum atomic E-state index is 0.179. The highest BCUT2D eigenvalue weighted by Gasteiger charge is 2.14. The highest BCUT2D eigenvalue weighted by atomic mass is 16.2. The zero-order chi connectivity index (χ0) is 16.7. The molecule has 0 saturated carbocycles. The summed E-state index contributed by atoms with van der Waals surface area (Å²) < 4.78 is 0. The first-order chi connectivity index (χ1) is 11.1. The summed E-state index contributed by atoms with van der Waals surface area (Å²) in [4.78, 5) is 16.6. The molecule has 0 unspecified atom stereocenters. The van der Waals surface area contributed by atoms with E-state index in [9.17, 15) is 4.79 Å². The van der Waals surface area contributed by atoms with Gasteiger partial charge in [-0.25, -0.2) is 0 Å². The molecule has 0 heterocycles. The average Bonchev–Trinajstić information content (AvgIpc) is 2.55. The van der Waals surface area contributed by atoms with Crippen LogP contribution in [0.25, 0.3) is 0 Å². The first kappa shape index (κ1) is 17.2. The van der Waals surface area contributed by atoms with Crippen molar-refractivity contribution in [2.45, 2.75) is 26.8 Å². The van der Waals surface area contributed by atoms with Crippen LogP contribution >= 0.6 is 0 Å². The summed E-state index contributed by atoms with van der Waals surface area (Å²) in [6.45, 7) is 6.40. The van der Waals surface area contributed by atoms with Gasteiger partial charge in [0, 0.05) is 31.7 Å². The average molecular weight is 310 g/mol. The van der Waals surface area contributed by atoms with E-state index in [1.54, 1.807) is 0 Å². The summed E-state index contributed by atoms with van der Waals surface area (Å²) in [5, 5.41) is 0. The quantitative estimate of drug-likeness (QED) is 0.775. The third-order valence-electron chi connectivity index (χ3n) is 3.93. The van der Waals surface area contributed by atoms with Crippen molar-refractivity contribution >= 4 is 11.6 Å². The summed E-state index contributed by atoms with van der Waals surface area (Å²) in [5.74, 6) is 0.179. The van der Waals surface area contributed by atoms with E-state index in [0.29, 0.717) is 13.0 Å². The lowest BCUT2D eigenvalue weighted by Gasteiger charge is -2.23. The van der Waals surface area contributed by atoms with E-state index in [4.69, 9.17) is 0 Å². The molecule has 3 heteroatoms. The van der Waals surface area contributed by atoms with Crippen LogP contribution in [0.3, 0.4) is 0 Å². The molecule has 1 amide bonds. The summed E-state index contributed by atoms with van der Waals surface area (Å²) in [7, 11) is 2.06. The van der Waals surface area contributed by atoms with Gasteiger partial charge in [-0.2, -0.15) is 0 Å². The van der Waals surface area contributed by atoms with Gasteiger partial charge in [-0.1, -0.05) is 42.5 Å². The van der Waals surface area contributed by atoms with Gasteiger partial charge in [-0.05, 0) is 44.2 Å². The molecule has 0 aliphatic carbocycles. The zero-order valence-corrected chi connectivity index (χ0v) is 14.3. The van der Waals surface area contributed by atoms with Crippen molar-refractivity contribution in [2.24, 2.45) is 0 Å². The molecular weight excluding hydrogens is 284 g/mol. The molecule has 2 aromatic carbocycles. The standard InChI is InChI=1S/C20H26N2O/c1-4-22(19-12-8-9-17(2)15-19)20(23)13-14-21(3)16-18-10-6-5-7-11-18/h5-12,15H,4,13-14,16H2,1-3H3. The molecule has 0 aliphatic rings. The summed E-state index contributed by atoms with van der Waals surface area (Å²) in [5.41, 5.74) is 3.44. The Hall–Kier alpha value is -2.13. The van der Waals surface area contributed by atoms with Gasteiger partial charge in [-0.15, -0.1) is 0 Å². The van der Waals surface area contributed by atoms with Crippen LogP contribution < -0.4 is 4.90 Å². The van der Waals surface area contributed by atoms with Gasteiger partial charge in [0.1, 0.15) is 0 Å². The van der Waals surface area contributed by atoms with Crippen LogP contribution in [0.4, 0.5) is 5.69 Å². The van der Waals surface area contributed by atoms with Crippen LogP contribution in [0.15, 0.2) is 54.6 Å². The Morgan fingerprint density at radius 2 is 1.78 bits per heavy atom. The molecule has 3 nitrogen and oxygen atoms in total. The molecule has 0 aliphatic heterocycles. The smallest absolute Gasteiger partial charge is 0.228 e. The van der Waals surface area contributed by atoms with Crippen molar-refractivity contribution < 1.29 is 4.79 Å². The number of nitrogens with zero attached hydrogens (tertiary/aromatic N) is 2. The number of benzene rings is 2. The number of amides is 1. The Kier molecular flexibility index (Phi) is 6.36. The van der Waals surface area contributed by atoms with E-state index in [1.165, 1.54) is 11.1 Å². The molecule has 23 heavy (non-hydrogen) atoms. The Morgan fingerprint density at radius 1 is 1.04 bits per heavy atom. The minimum Gasteiger partial charge on any atom is -0.313 e. The van der Waals surface area contributed by atoms with Gasteiger partial charge in [0.05, 0.1) is 0 Å². The van der Waals surface area contributed by atoms with Crippen LogP contribution in [-0.4, -0.2) is 30.9 Å². The fraction of sp³-hybridized carbons (Fsp3) is 0.350. The predicted molar refractivity (Wildman–Crippen MR) is 96.6 cm³/mol. The predicted octanol–water partition coefficient (Wildman–Crippen LogP) is 3.87. The van der Waals surface area contributed by atoms with E-state index >= 15 is 0 Å². The molecular formula is C20H26N2O.